The standard InChI is InChI=1S/C48H28N4/c1-3-13-29(14-4-1)32-19-9-17-30-27-28-37-45(31-15-5-2-6-16-31)49-48(50-46(37)42(30)32)52-39-24-11-20-34-36-22-10-21-35-33-18-7-8-23-38(33)51(47(35)36)40-25-12-26-41(52)44(40)43(34)39/h1-28H. The van der Waals surface area contributed by atoms with E-state index in [-0.39, 0.29) is 0 Å². The molecule has 240 valence electrons. The molecule has 12 aromatic rings. The Bertz CT molecular complexity index is 3390. The molecule has 0 spiro atoms. The highest BCUT2D eigenvalue weighted by Crippen LogP contribution is 2.44. The van der Waals surface area contributed by atoms with Crippen LogP contribution in [0.5, 0.6) is 0 Å². The zero-order valence-corrected chi connectivity index (χ0v) is 28.0. The van der Waals surface area contributed by atoms with Crippen molar-refractivity contribution in [2.45, 2.75) is 0 Å². The van der Waals surface area contributed by atoms with Crippen LogP contribution in [0.3, 0.4) is 0 Å². The minimum Gasteiger partial charge on any atom is -0.308 e. The molecule has 4 heteroatoms. The maximum absolute atomic E-state index is 5.59. The van der Waals surface area contributed by atoms with Gasteiger partial charge in [0, 0.05) is 43.3 Å². The first-order valence-corrected chi connectivity index (χ1v) is 17.8. The quantitative estimate of drug-likeness (QED) is 0.177. The van der Waals surface area contributed by atoms with Crippen molar-refractivity contribution < 1.29 is 0 Å². The molecule has 0 aliphatic carbocycles. The van der Waals surface area contributed by atoms with Gasteiger partial charge in [-0.3, -0.25) is 4.57 Å². The van der Waals surface area contributed by atoms with Crippen LogP contribution in [0, 0.1) is 0 Å². The summed E-state index contributed by atoms with van der Waals surface area (Å²) < 4.78 is 4.77. The van der Waals surface area contributed by atoms with Crippen molar-refractivity contribution in [3.8, 4) is 28.3 Å². The highest BCUT2D eigenvalue weighted by molar-refractivity contribution is 6.31. The predicted molar refractivity (Wildman–Crippen MR) is 217 cm³/mol. The molecule has 0 N–H and O–H groups in total. The molecule has 0 unspecified atom stereocenters. The van der Waals surface area contributed by atoms with E-state index in [0.717, 1.165) is 49.5 Å². The number of rotatable bonds is 3. The second kappa shape index (κ2) is 10.3. The summed E-state index contributed by atoms with van der Waals surface area (Å²) in [4.78, 5) is 11.1. The first-order valence-electron chi connectivity index (χ1n) is 17.8. The minimum atomic E-state index is 0.660. The normalized spacial score (nSPS) is 12.2. The van der Waals surface area contributed by atoms with Crippen LogP contribution in [0.4, 0.5) is 0 Å². The summed E-state index contributed by atoms with van der Waals surface area (Å²) >= 11 is 0. The van der Waals surface area contributed by atoms with Gasteiger partial charge in [0.2, 0.25) is 5.95 Å². The zero-order valence-electron chi connectivity index (χ0n) is 28.0. The molecule has 0 aliphatic rings. The van der Waals surface area contributed by atoms with E-state index in [1.165, 1.54) is 54.4 Å². The van der Waals surface area contributed by atoms with Crippen LogP contribution in [0.2, 0.25) is 0 Å². The summed E-state index contributed by atoms with van der Waals surface area (Å²) in [5.74, 6) is 0.660. The fourth-order valence-corrected chi connectivity index (χ4v) is 8.93. The highest BCUT2D eigenvalue weighted by atomic mass is 15.2. The Hall–Kier alpha value is -7.04. The lowest BCUT2D eigenvalue weighted by atomic mass is 9.95. The Balaban J connectivity index is 1.29. The van der Waals surface area contributed by atoms with Gasteiger partial charge in [-0.1, -0.05) is 140 Å². The molecule has 0 radical (unpaired) electrons. The summed E-state index contributed by atoms with van der Waals surface area (Å²) in [6.45, 7) is 0. The van der Waals surface area contributed by atoms with E-state index >= 15 is 0 Å². The van der Waals surface area contributed by atoms with Gasteiger partial charge >= 0.3 is 0 Å². The van der Waals surface area contributed by atoms with Crippen molar-refractivity contribution >= 4 is 81.6 Å². The van der Waals surface area contributed by atoms with Gasteiger partial charge < -0.3 is 4.40 Å². The van der Waals surface area contributed by atoms with E-state index in [2.05, 4.69) is 179 Å². The Labute approximate surface area is 297 Å². The number of hydrogen-bond donors (Lipinski definition) is 0. The van der Waals surface area contributed by atoms with Crippen molar-refractivity contribution in [1.29, 1.82) is 0 Å². The number of hydrogen-bond acceptors (Lipinski definition) is 2. The van der Waals surface area contributed by atoms with Crippen molar-refractivity contribution in [2.24, 2.45) is 0 Å². The number of nitrogens with zero attached hydrogens (tertiary/aromatic N) is 4. The number of para-hydroxylation sites is 2. The number of fused-ring (bicyclic) bond motifs is 8. The molecule has 0 bridgehead atoms. The van der Waals surface area contributed by atoms with E-state index < -0.39 is 0 Å². The molecule has 8 aromatic carbocycles. The highest BCUT2D eigenvalue weighted by Gasteiger charge is 2.24. The van der Waals surface area contributed by atoms with Crippen LogP contribution in [-0.2, 0) is 0 Å². The van der Waals surface area contributed by atoms with E-state index in [1.807, 2.05) is 0 Å². The van der Waals surface area contributed by atoms with Crippen molar-refractivity contribution in [3.63, 3.8) is 0 Å². The first-order chi connectivity index (χ1) is 25.8. The summed E-state index contributed by atoms with van der Waals surface area (Å²) in [5, 5.41) is 10.7. The van der Waals surface area contributed by atoms with E-state index in [4.69, 9.17) is 9.97 Å². The molecule has 0 atom stereocenters. The molecule has 0 aliphatic heterocycles. The Morgan fingerprint density at radius 2 is 0.981 bits per heavy atom. The maximum Gasteiger partial charge on any atom is 0.235 e. The third-order valence-electron chi connectivity index (χ3n) is 11.0. The second-order valence-corrected chi connectivity index (χ2v) is 13.7. The smallest absolute Gasteiger partial charge is 0.235 e. The van der Waals surface area contributed by atoms with E-state index in [0.29, 0.717) is 5.95 Å². The van der Waals surface area contributed by atoms with Gasteiger partial charge in [-0.05, 0) is 52.2 Å². The molecule has 4 nitrogen and oxygen atoms in total. The average Bonchev–Trinajstić information content (AvgIpc) is 3.70. The molecule has 12 rings (SSSR count). The molecule has 0 amide bonds. The van der Waals surface area contributed by atoms with Gasteiger partial charge in [-0.15, -0.1) is 0 Å². The molecule has 0 saturated heterocycles. The molecule has 4 heterocycles. The SMILES string of the molecule is c1ccc(-c2nc(-n3c4cccc5c6cccc7c8ccccc8n(c8cccc3c8c54)c67)nc3c2ccc2cccc(-c4ccccc4)c23)cc1. The molecule has 0 fully saturated rings. The topological polar surface area (TPSA) is 35.1 Å². The third-order valence-corrected chi connectivity index (χ3v) is 11.0. The summed E-state index contributed by atoms with van der Waals surface area (Å²) in [7, 11) is 0. The van der Waals surface area contributed by atoms with Crippen LogP contribution >= 0.6 is 0 Å². The fourth-order valence-electron chi connectivity index (χ4n) is 8.93. The summed E-state index contributed by atoms with van der Waals surface area (Å²) in [5.41, 5.74) is 11.1. The van der Waals surface area contributed by atoms with Gasteiger partial charge in [0.15, 0.2) is 0 Å². The predicted octanol–water partition coefficient (Wildman–Crippen LogP) is 12.4. The van der Waals surface area contributed by atoms with E-state index in [9.17, 15) is 0 Å². The molecular formula is C48H28N4. The summed E-state index contributed by atoms with van der Waals surface area (Å²) in [6.07, 6.45) is 0. The van der Waals surface area contributed by atoms with Gasteiger partial charge in [0.1, 0.15) is 0 Å². The Kier molecular flexibility index (Phi) is 5.47. The average molecular weight is 661 g/mol. The van der Waals surface area contributed by atoms with Crippen LogP contribution in [0.15, 0.2) is 170 Å². The third kappa shape index (κ3) is 3.60. The monoisotopic (exact) mass is 660 g/mol. The van der Waals surface area contributed by atoms with Gasteiger partial charge in [-0.25, -0.2) is 9.97 Å². The Morgan fingerprint density at radius 1 is 0.365 bits per heavy atom. The zero-order chi connectivity index (χ0) is 33.9. The lowest BCUT2D eigenvalue weighted by molar-refractivity contribution is 1.02. The first kappa shape index (κ1) is 27.7. The Morgan fingerprint density at radius 3 is 1.83 bits per heavy atom. The number of aromatic nitrogens is 4. The minimum absolute atomic E-state index is 0.660. The van der Waals surface area contributed by atoms with Gasteiger partial charge in [0.25, 0.3) is 0 Å². The number of benzene rings is 8. The summed E-state index contributed by atoms with van der Waals surface area (Å²) in [6, 6.07) is 61.0. The lowest BCUT2D eigenvalue weighted by Gasteiger charge is -2.15. The van der Waals surface area contributed by atoms with E-state index in [1.54, 1.807) is 0 Å². The lowest BCUT2D eigenvalue weighted by Crippen LogP contribution is -2.04. The van der Waals surface area contributed by atoms with Gasteiger partial charge in [0.05, 0.1) is 38.8 Å². The molecule has 4 aromatic heterocycles. The van der Waals surface area contributed by atoms with Crippen LogP contribution in [0.25, 0.3) is 110 Å². The van der Waals surface area contributed by atoms with Crippen LogP contribution in [-0.4, -0.2) is 18.9 Å². The van der Waals surface area contributed by atoms with Crippen molar-refractivity contribution in [2.75, 3.05) is 0 Å². The van der Waals surface area contributed by atoms with Gasteiger partial charge in [-0.2, -0.15) is 0 Å². The fraction of sp³-hybridized carbons (Fsp3) is 0. The molecule has 52 heavy (non-hydrogen) atoms. The second-order valence-electron chi connectivity index (χ2n) is 13.7. The largest absolute Gasteiger partial charge is 0.308 e. The molecular weight excluding hydrogens is 633 g/mol. The van der Waals surface area contributed by atoms with Crippen molar-refractivity contribution in [3.05, 3.63) is 170 Å². The van der Waals surface area contributed by atoms with Crippen LogP contribution in [0.1, 0.15) is 0 Å². The van der Waals surface area contributed by atoms with Crippen LogP contribution < -0.4 is 0 Å². The van der Waals surface area contributed by atoms with Crippen molar-refractivity contribution in [1.82, 2.24) is 18.9 Å². The molecule has 0 saturated carbocycles. The maximum atomic E-state index is 5.59.